The Hall–Kier alpha value is -2.14. The van der Waals surface area contributed by atoms with Crippen molar-refractivity contribution in [2.24, 2.45) is 0 Å². The minimum absolute atomic E-state index is 0.0477. The van der Waals surface area contributed by atoms with Crippen LogP contribution < -0.4 is 4.73 Å². The van der Waals surface area contributed by atoms with E-state index in [4.69, 9.17) is 5.11 Å². The van der Waals surface area contributed by atoms with Gasteiger partial charge in [-0.3, -0.25) is 0 Å². The summed E-state index contributed by atoms with van der Waals surface area (Å²) in [6.45, 7) is 0.523. The molecule has 0 aliphatic carbocycles. The molecule has 0 spiro atoms. The summed E-state index contributed by atoms with van der Waals surface area (Å²) in [5, 5.41) is 21.6. The molecular weight excluding hydrogens is 218 g/mol. The molecule has 1 N–H and O–H groups in total. The molecule has 0 fully saturated rings. The van der Waals surface area contributed by atoms with Gasteiger partial charge in [-0.2, -0.15) is 4.73 Å². The number of hydrogen-bond acceptors (Lipinski definition) is 3. The second-order valence-corrected chi connectivity index (χ2v) is 3.87. The molecule has 0 aliphatic heterocycles. The minimum atomic E-state index is 0.0477. The fourth-order valence-electron chi connectivity index (χ4n) is 2.11. The molecule has 17 heavy (non-hydrogen) atoms. The van der Waals surface area contributed by atoms with Gasteiger partial charge in [0, 0.05) is 12.6 Å². The zero-order chi connectivity index (χ0) is 11.8. The first-order chi connectivity index (χ1) is 8.31. The monoisotopic (exact) mass is 229 g/mol. The Balaban J connectivity index is 2.46. The number of rotatable bonds is 2. The lowest BCUT2D eigenvalue weighted by Gasteiger charge is -2.05. The Morgan fingerprint density at radius 3 is 3.00 bits per heavy atom. The molecule has 3 aromatic rings. The first-order valence-electron chi connectivity index (χ1n) is 5.38. The highest BCUT2D eigenvalue weighted by Gasteiger charge is 2.13. The van der Waals surface area contributed by atoms with E-state index in [-0.39, 0.29) is 6.61 Å². The Labute approximate surface area is 97.1 Å². The van der Waals surface area contributed by atoms with Gasteiger partial charge in [0.2, 0.25) is 11.7 Å². The van der Waals surface area contributed by atoms with Gasteiger partial charge in [-0.05, 0) is 6.07 Å². The number of para-hydroxylation sites is 1. The van der Waals surface area contributed by atoms with Gasteiger partial charge in [-0.25, -0.2) is 4.98 Å². The van der Waals surface area contributed by atoms with Crippen LogP contribution in [0.4, 0.5) is 0 Å². The maximum absolute atomic E-state index is 11.8. The van der Waals surface area contributed by atoms with E-state index in [9.17, 15) is 5.21 Å². The molecular formula is C12H11N3O2. The van der Waals surface area contributed by atoms with Crippen LogP contribution in [0.25, 0.3) is 21.9 Å². The first-order valence-corrected chi connectivity index (χ1v) is 5.38. The Morgan fingerprint density at radius 1 is 1.35 bits per heavy atom. The summed E-state index contributed by atoms with van der Waals surface area (Å²) < 4.78 is 2.69. The maximum Gasteiger partial charge on any atom is 0.226 e. The molecule has 0 amide bonds. The van der Waals surface area contributed by atoms with Crippen molar-refractivity contribution in [3.8, 4) is 0 Å². The molecule has 3 rings (SSSR count). The maximum atomic E-state index is 11.8. The van der Waals surface area contributed by atoms with Crippen molar-refractivity contribution in [1.29, 1.82) is 0 Å². The third-order valence-corrected chi connectivity index (χ3v) is 2.84. The van der Waals surface area contributed by atoms with Crippen molar-refractivity contribution < 1.29 is 9.84 Å². The van der Waals surface area contributed by atoms with Crippen LogP contribution in [0.3, 0.4) is 0 Å². The van der Waals surface area contributed by atoms with E-state index in [1.807, 2.05) is 22.8 Å². The van der Waals surface area contributed by atoms with E-state index in [1.54, 1.807) is 12.4 Å². The molecule has 0 aliphatic rings. The second-order valence-electron chi connectivity index (χ2n) is 3.87. The van der Waals surface area contributed by atoms with Gasteiger partial charge in [0.1, 0.15) is 0 Å². The number of hydrogen-bond donors (Lipinski definition) is 1. The molecule has 5 heteroatoms. The number of fused-ring (bicyclic) bond motifs is 3. The zero-order valence-corrected chi connectivity index (χ0v) is 9.08. The predicted molar refractivity (Wildman–Crippen MR) is 63.3 cm³/mol. The number of aromatic nitrogens is 3. The molecule has 0 unspecified atom stereocenters. The number of aliphatic hydroxyl groups is 1. The lowest BCUT2D eigenvalue weighted by Crippen LogP contribution is -2.26. The van der Waals surface area contributed by atoms with Crippen LogP contribution in [0.2, 0.25) is 0 Å². The Bertz CT molecular complexity index is 691. The van der Waals surface area contributed by atoms with E-state index in [0.717, 1.165) is 15.6 Å². The first kappa shape index (κ1) is 10.0. The largest absolute Gasteiger partial charge is 0.618 e. The number of imidazole rings is 1. The van der Waals surface area contributed by atoms with E-state index >= 15 is 0 Å². The van der Waals surface area contributed by atoms with E-state index in [0.29, 0.717) is 17.6 Å². The second kappa shape index (κ2) is 3.71. The van der Waals surface area contributed by atoms with Gasteiger partial charge in [0.25, 0.3) is 0 Å². The third kappa shape index (κ3) is 1.43. The predicted octanol–water partition coefficient (Wildman–Crippen LogP) is 0.815. The molecule has 0 saturated carbocycles. The molecule has 0 atom stereocenters. The van der Waals surface area contributed by atoms with Crippen LogP contribution in [-0.2, 0) is 6.54 Å². The van der Waals surface area contributed by atoms with Crippen molar-refractivity contribution in [3.05, 3.63) is 42.0 Å². The molecule has 86 valence electrons. The average molecular weight is 229 g/mol. The Morgan fingerprint density at radius 2 is 2.18 bits per heavy atom. The zero-order valence-electron chi connectivity index (χ0n) is 9.08. The highest BCUT2D eigenvalue weighted by Crippen LogP contribution is 2.21. The molecule has 0 saturated heterocycles. The normalized spacial score (nSPS) is 11.4. The van der Waals surface area contributed by atoms with Crippen LogP contribution in [-0.4, -0.2) is 21.3 Å². The summed E-state index contributed by atoms with van der Waals surface area (Å²) in [4.78, 5) is 4.18. The standard InChI is InChI=1S/C12H11N3O2/c16-6-5-14-8-13-10-7-15(17)11-4-2-1-3-9(11)12(10)14/h1-4,7-8,16H,5-6H2. The summed E-state index contributed by atoms with van der Waals surface area (Å²) in [5.41, 5.74) is 2.15. The van der Waals surface area contributed by atoms with Gasteiger partial charge in [0.05, 0.1) is 23.8 Å². The quantitative estimate of drug-likeness (QED) is 0.522. The number of benzene rings is 1. The van der Waals surface area contributed by atoms with E-state index in [2.05, 4.69) is 4.98 Å². The van der Waals surface area contributed by atoms with Gasteiger partial charge in [-0.15, -0.1) is 0 Å². The summed E-state index contributed by atoms with van der Waals surface area (Å²) in [6, 6.07) is 7.38. The fourth-order valence-corrected chi connectivity index (χ4v) is 2.11. The molecule has 0 bridgehead atoms. The smallest absolute Gasteiger partial charge is 0.226 e. The topological polar surface area (TPSA) is 65.0 Å². The summed E-state index contributed by atoms with van der Waals surface area (Å²) >= 11 is 0. The molecule has 2 aromatic heterocycles. The van der Waals surface area contributed by atoms with Crippen LogP contribution >= 0.6 is 0 Å². The minimum Gasteiger partial charge on any atom is -0.618 e. The molecule has 5 nitrogen and oxygen atoms in total. The summed E-state index contributed by atoms with van der Waals surface area (Å²) in [5.74, 6) is 0. The summed E-state index contributed by atoms with van der Waals surface area (Å²) in [7, 11) is 0. The SMILES string of the molecule is [O-][n+]1cc2ncn(CCO)c2c2ccccc21. The van der Waals surface area contributed by atoms with Crippen molar-refractivity contribution in [1.82, 2.24) is 9.55 Å². The lowest BCUT2D eigenvalue weighted by atomic mass is 10.2. The van der Waals surface area contributed by atoms with Crippen LogP contribution in [0.15, 0.2) is 36.8 Å². The molecule has 2 heterocycles. The Kier molecular flexibility index (Phi) is 2.19. The van der Waals surface area contributed by atoms with Gasteiger partial charge in [0.15, 0.2) is 5.52 Å². The number of nitrogens with zero attached hydrogens (tertiary/aromatic N) is 3. The number of aliphatic hydroxyl groups excluding tert-OH is 1. The fraction of sp³-hybridized carbons (Fsp3) is 0.167. The van der Waals surface area contributed by atoms with Gasteiger partial charge >= 0.3 is 0 Å². The summed E-state index contributed by atoms with van der Waals surface area (Å²) in [6.07, 6.45) is 3.11. The van der Waals surface area contributed by atoms with Crippen LogP contribution in [0.1, 0.15) is 0 Å². The molecule has 1 aromatic carbocycles. The third-order valence-electron chi connectivity index (χ3n) is 2.84. The van der Waals surface area contributed by atoms with Gasteiger partial charge in [-0.1, -0.05) is 12.1 Å². The lowest BCUT2D eigenvalue weighted by molar-refractivity contribution is -0.575. The van der Waals surface area contributed by atoms with Crippen molar-refractivity contribution in [2.45, 2.75) is 6.54 Å². The highest BCUT2D eigenvalue weighted by molar-refractivity contribution is 6.00. The van der Waals surface area contributed by atoms with Crippen molar-refractivity contribution >= 4 is 21.9 Å². The van der Waals surface area contributed by atoms with Crippen LogP contribution in [0, 0.1) is 5.21 Å². The average Bonchev–Trinajstić information content (AvgIpc) is 2.73. The van der Waals surface area contributed by atoms with Gasteiger partial charge < -0.3 is 14.9 Å². The molecule has 0 radical (unpaired) electrons. The van der Waals surface area contributed by atoms with E-state index < -0.39 is 0 Å². The number of pyridine rings is 1. The van der Waals surface area contributed by atoms with Crippen molar-refractivity contribution in [2.75, 3.05) is 6.61 Å². The van der Waals surface area contributed by atoms with Crippen LogP contribution in [0.5, 0.6) is 0 Å². The van der Waals surface area contributed by atoms with E-state index in [1.165, 1.54) is 6.20 Å². The highest BCUT2D eigenvalue weighted by atomic mass is 16.5. The van der Waals surface area contributed by atoms with Crippen molar-refractivity contribution in [3.63, 3.8) is 0 Å².